The van der Waals surface area contributed by atoms with E-state index in [2.05, 4.69) is 72.5 Å². The van der Waals surface area contributed by atoms with Gasteiger partial charge in [-0.25, -0.2) is 4.98 Å². The molecule has 0 amide bonds. The second-order valence-corrected chi connectivity index (χ2v) is 8.89. The highest BCUT2D eigenvalue weighted by Crippen LogP contribution is 2.31. The van der Waals surface area contributed by atoms with Gasteiger partial charge in [0.2, 0.25) is 0 Å². The van der Waals surface area contributed by atoms with Crippen LogP contribution in [0.3, 0.4) is 0 Å². The van der Waals surface area contributed by atoms with Crippen LogP contribution in [0.1, 0.15) is 64.8 Å². The van der Waals surface area contributed by atoms with Gasteiger partial charge in [-0.3, -0.25) is 0 Å². The van der Waals surface area contributed by atoms with E-state index in [-0.39, 0.29) is 5.41 Å². The molecule has 0 bridgehead atoms. The molecular weight excluding hydrogens is 325 g/mol. The zero-order chi connectivity index (χ0) is 18.4. The number of nitrogens with zero attached hydrogens (tertiary/aromatic N) is 1. The summed E-state index contributed by atoms with van der Waals surface area (Å²) in [5, 5.41) is 3.35. The topological polar surface area (TPSA) is 40.7 Å². The molecule has 1 aliphatic carbocycles. The van der Waals surface area contributed by atoms with E-state index in [1.165, 1.54) is 42.9 Å². The third kappa shape index (κ3) is 5.79. The van der Waals surface area contributed by atoms with Gasteiger partial charge in [-0.1, -0.05) is 40.2 Å². The van der Waals surface area contributed by atoms with Crippen molar-refractivity contribution in [1.29, 1.82) is 0 Å². The average molecular weight is 362 g/mol. The maximum atomic E-state index is 4.73. The fourth-order valence-corrected chi connectivity index (χ4v) is 3.20. The van der Waals surface area contributed by atoms with Crippen LogP contribution in [0, 0.1) is 5.92 Å². The van der Waals surface area contributed by atoms with Gasteiger partial charge in [-0.05, 0) is 61.5 Å². The van der Waals surface area contributed by atoms with E-state index in [0.29, 0.717) is 0 Å². The summed E-state index contributed by atoms with van der Waals surface area (Å²) in [5.41, 5.74) is 3.83. The van der Waals surface area contributed by atoms with Crippen molar-refractivity contribution in [1.82, 2.24) is 15.3 Å². The number of rotatable bonds is 5. The molecule has 4 heteroatoms. The summed E-state index contributed by atoms with van der Waals surface area (Å²) in [6, 6.07) is 7.36. The molecule has 2 aromatic rings. The number of H-pyrrole nitrogens is 1. The van der Waals surface area contributed by atoms with Crippen LogP contribution >= 0.6 is 9.24 Å². The first-order valence-corrected chi connectivity index (χ1v) is 10.6. The number of imidazole rings is 1. The lowest BCUT2D eigenvalue weighted by atomic mass is 9.77. The van der Waals surface area contributed by atoms with Crippen molar-refractivity contribution in [2.75, 3.05) is 13.2 Å². The fourth-order valence-electron chi connectivity index (χ4n) is 3.20. The third-order valence-corrected chi connectivity index (χ3v) is 5.70. The minimum Gasteiger partial charge on any atom is -0.342 e. The van der Waals surface area contributed by atoms with Crippen LogP contribution in [0.5, 0.6) is 0 Å². The maximum Gasteiger partial charge on any atom is 0.107 e. The molecule has 3 nitrogen and oxygen atoms in total. The van der Waals surface area contributed by atoms with Crippen LogP contribution in [0.15, 0.2) is 18.2 Å². The summed E-state index contributed by atoms with van der Waals surface area (Å²) in [5.74, 6) is 2.02. The zero-order valence-corrected chi connectivity index (χ0v) is 17.8. The van der Waals surface area contributed by atoms with Gasteiger partial charge in [0.1, 0.15) is 5.82 Å². The summed E-state index contributed by atoms with van der Waals surface area (Å²) in [6.45, 7) is 8.91. The Morgan fingerprint density at radius 1 is 1.28 bits per heavy atom. The lowest BCUT2D eigenvalue weighted by Gasteiger charge is -2.34. The molecule has 0 aliphatic heterocycles. The van der Waals surface area contributed by atoms with Crippen molar-refractivity contribution < 1.29 is 0 Å². The van der Waals surface area contributed by atoms with Crippen LogP contribution in [0.4, 0.5) is 0 Å². The van der Waals surface area contributed by atoms with Gasteiger partial charge in [-0.2, -0.15) is 0 Å². The summed E-state index contributed by atoms with van der Waals surface area (Å²) >= 11 is 0. The van der Waals surface area contributed by atoms with Crippen LogP contribution in [0.25, 0.3) is 11.0 Å². The smallest absolute Gasteiger partial charge is 0.107 e. The van der Waals surface area contributed by atoms with Crippen molar-refractivity contribution in [3.63, 3.8) is 0 Å². The normalized spacial score (nSPS) is 20.1. The van der Waals surface area contributed by atoms with Crippen molar-refractivity contribution >= 4 is 20.3 Å². The Hall–Kier alpha value is -0.920. The Morgan fingerprint density at radius 2 is 1.96 bits per heavy atom. The van der Waals surface area contributed by atoms with Gasteiger partial charge >= 0.3 is 0 Å². The van der Waals surface area contributed by atoms with Gasteiger partial charge in [0.25, 0.3) is 0 Å². The first-order chi connectivity index (χ1) is 11.9. The fraction of sp³-hybridized carbons (Fsp3) is 0.667. The Balaban J connectivity index is 0.000000511. The number of nitrogens with one attached hydrogen (secondary N) is 2. The lowest BCUT2D eigenvalue weighted by Crippen LogP contribution is -2.39. The number of hydrogen-bond acceptors (Lipinski definition) is 2. The standard InChI is InChI=1S/C18H27N3.C3H9P/c1-18(2,3)13-6-7-15-16(11-13)21-17(20-15)8-5-12-9-14(10-12)19-4;1-2-3-4/h6-7,11-12,14,19H,5,8-10H2,1-4H3,(H,20,21);2-4H2,1H3. The van der Waals surface area contributed by atoms with E-state index >= 15 is 0 Å². The van der Waals surface area contributed by atoms with E-state index < -0.39 is 0 Å². The molecule has 25 heavy (non-hydrogen) atoms. The molecule has 1 heterocycles. The molecule has 140 valence electrons. The minimum atomic E-state index is 0.188. The predicted octanol–water partition coefficient (Wildman–Crippen LogP) is 5.06. The molecule has 0 spiro atoms. The highest BCUT2D eigenvalue weighted by atomic mass is 31.0. The largest absolute Gasteiger partial charge is 0.342 e. The van der Waals surface area contributed by atoms with E-state index in [0.717, 1.165) is 29.7 Å². The third-order valence-electron chi connectivity index (χ3n) is 5.12. The molecular formula is C21H36N3P. The predicted molar refractivity (Wildman–Crippen MR) is 114 cm³/mol. The number of aromatic nitrogens is 2. The van der Waals surface area contributed by atoms with Crippen molar-refractivity contribution in [3.05, 3.63) is 29.6 Å². The molecule has 0 radical (unpaired) electrons. The summed E-state index contributed by atoms with van der Waals surface area (Å²) in [4.78, 5) is 8.24. The molecule has 1 unspecified atom stereocenters. The first-order valence-electron chi connectivity index (χ1n) is 9.73. The van der Waals surface area contributed by atoms with Crippen LogP contribution in [-0.4, -0.2) is 29.2 Å². The number of fused-ring (bicyclic) bond motifs is 1. The van der Waals surface area contributed by atoms with Crippen LogP contribution < -0.4 is 5.32 Å². The molecule has 1 aromatic heterocycles. The monoisotopic (exact) mass is 361 g/mol. The highest BCUT2D eigenvalue weighted by Gasteiger charge is 2.27. The van der Waals surface area contributed by atoms with Gasteiger partial charge in [0.15, 0.2) is 0 Å². The number of hydrogen-bond donors (Lipinski definition) is 2. The number of aromatic amines is 1. The second kappa shape index (κ2) is 9.14. The highest BCUT2D eigenvalue weighted by molar-refractivity contribution is 7.16. The molecule has 1 atom stereocenters. The van der Waals surface area contributed by atoms with Gasteiger partial charge in [-0.15, -0.1) is 9.24 Å². The minimum absolute atomic E-state index is 0.188. The van der Waals surface area contributed by atoms with E-state index in [9.17, 15) is 0 Å². The SMILES string of the molecule is CCCP.CNC1CC(CCc2nc3ccc(C(C)(C)C)cc3[nH]2)C1. The van der Waals surface area contributed by atoms with Crippen LogP contribution in [-0.2, 0) is 11.8 Å². The van der Waals surface area contributed by atoms with E-state index in [1.54, 1.807) is 0 Å². The van der Waals surface area contributed by atoms with Crippen LogP contribution in [0.2, 0.25) is 0 Å². The second-order valence-electron chi connectivity index (χ2n) is 8.32. The number of aryl methyl sites for hydroxylation is 1. The number of benzene rings is 1. The molecule has 1 saturated carbocycles. The Bertz CT molecular complexity index is 649. The summed E-state index contributed by atoms with van der Waals surface area (Å²) in [7, 11) is 4.72. The quantitative estimate of drug-likeness (QED) is 0.731. The molecule has 1 aliphatic rings. The Kier molecular flexibility index (Phi) is 7.46. The zero-order valence-electron chi connectivity index (χ0n) is 16.7. The van der Waals surface area contributed by atoms with Crippen molar-refractivity contribution in [2.45, 2.75) is 71.3 Å². The van der Waals surface area contributed by atoms with Gasteiger partial charge in [0.05, 0.1) is 11.0 Å². The molecule has 1 fully saturated rings. The van der Waals surface area contributed by atoms with E-state index in [4.69, 9.17) is 4.98 Å². The van der Waals surface area contributed by atoms with Gasteiger partial charge in [0, 0.05) is 12.5 Å². The molecule has 0 saturated heterocycles. The Labute approximate surface area is 156 Å². The van der Waals surface area contributed by atoms with Gasteiger partial charge < -0.3 is 10.3 Å². The van der Waals surface area contributed by atoms with E-state index in [1.807, 2.05) is 0 Å². The lowest BCUT2D eigenvalue weighted by molar-refractivity contribution is 0.220. The first kappa shape index (κ1) is 20.4. The Morgan fingerprint density at radius 3 is 2.52 bits per heavy atom. The molecule has 3 rings (SSSR count). The summed E-state index contributed by atoms with van der Waals surface area (Å²) in [6.07, 6.45) is 7.49. The van der Waals surface area contributed by atoms with Crippen molar-refractivity contribution in [3.8, 4) is 0 Å². The maximum absolute atomic E-state index is 4.73. The van der Waals surface area contributed by atoms with Crippen molar-refractivity contribution in [2.24, 2.45) is 5.92 Å². The molecule has 2 N–H and O–H groups in total. The molecule has 1 aromatic carbocycles. The average Bonchev–Trinajstić information content (AvgIpc) is 2.95. The summed E-state index contributed by atoms with van der Waals surface area (Å²) < 4.78 is 0.